The molecule has 0 spiro atoms. The molecule has 0 saturated heterocycles. The lowest BCUT2D eigenvalue weighted by atomic mass is 10.2. The zero-order chi connectivity index (χ0) is 18.9. The Hall–Kier alpha value is -2.38. The molecule has 0 unspecified atom stereocenters. The first-order valence-corrected chi connectivity index (χ1v) is 9.26. The third kappa shape index (κ3) is 5.31. The molecule has 0 radical (unpaired) electrons. The maximum Gasteiger partial charge on any atom is 0.411 e. The summed E-state index contributed by atoms with van der Waals surface area (Å²) >= 11 is 7.42. The molecule has 0 atom stereocenters. The number of para-hydroxylation sites is 1. The zero-order valence-electron chi connectivity index (χ0n) is 14.7. The van der Waals surface area contributed by atoms with Crippen LogP contribution < -0.4 is 5.32 Å². The van der Waals surface area contributed by atoms with E-state index in [1.54, 1.807) is 18.2 Å². The number of benzene rings is 2. The van der Waals surface area contributed by atoms with Crippen molar-refractivity contribution in [3.05, 3.63) is 64.7 Å². The Morgan fingerprint density at radius 1 is 1.15 bits per heavy atom. The summed E-state index contributed by atoms with van der Waals surface area (Å²) in [7, 11) is 2.83. The molecule has 1 N–H and O–H groups in total. The molecule has 0 aromatic heterocycles. The van der Waals surface area contributed by atoms with Gasteiger partial charge in [-0.1, -0.05) is 29.8 Å². The molecule has 0 aliphatic heterocycles. The number of ether oxygens (including phenoxy) is 1. The number of thioether (sulfide) groups is 1. The van der Waals surface area contributed by atoms with Crippen molar-refractivity contribution >= 4 is 40.2 Å². The number of carbonyl (C=O) groups excluding carboxylic acids is 1. The van der Waals surface area contributed by atoms with Gasteiger partial charge in [0.2, 0.25) is 4.90 Å². The second-order valence-electron chi connectivity index (χ2n) is 5.00. The van der Waals surface area contributed by atoms with Crippen LogP contribution >= 0.6 is 23.4 Å². The van der Waals surface area contributed by atoms with Crippen molar-refractivity contribution in [3.63, 3.8) is 0 Å². The highest BCUT2D eigenvalue weighted by molar-refractivity contribution is 8.13. The maximum atomic E-state index is 11.5. The van der Waals surface area contributed by atoms with Crippen molar-refractivity contribution in [1.82, 2.24) is 0 Å². The molecule has 26 heavy (non-hydrogen) atoms. The number of halogens is 1. The van der Waals surface area contributed by atoms with E-state index in [9.17, 15) is 4.79 Å². The summed E-state index contributed by atoms with van der Waals surface area (Å²) in [5.41, 5.74) is 2.29. The molecule has 0 aliphatic carbocycles. The number of hydrogen-bond acceptors (Lipinski definition) is 5. The summed E-state index contributed by atoms with van der Waals surface area (Å²) in [5.74, 6) is 0. The van der Waals surface area contributed by atoms with Gasteiger partial charge in [-0.25, -0.2) is 14.5 Å². The quantitative estimate of drug-likeness (QED) is 0.448. The lowest BCUT2D eigenvalue weighted by molar-refractivity contribution is -0.964. The van der Waals surface area contributed by atoms with E-state index in [1.165, 1.54) is 30.9 Å². The first-order valence-electron chi connectivity index (χ1n) is 7.66. The standard InChI is InChI=1S/C18H19ClN2O4S/c1-23-18(22)20-16-7-5-4-6-14(16)12-25-21(24-2)17(26-3)13-8-10-15(19)11-9-13/h4-11H,12H2,1-3H3/p+1. The van der Waals surface area contributed by atoms with Crippen molar-refractivity contribution in [2.24, 2.45) is 0 Å². The minimum Gasteiger partial charge on any atom is -0.453 e. The highest BCUT2D eigenvalue weighted by Crippen LogP contribution is 2.19. The molecular weight excluding hydrogens is 376 g/mol. The van der Waals surface area contributed by atoms with Crippen LogP contribution in [0.3, 0.4) is 0 Å². The Labute approximate surface area is 161 Å². The molecule has 0 fully saturated rings. The summed E-state index contributed by atoms with van der Waals surface area (Å²) in [5, 5.41) is 4.08. The Bertz CT molecular complexity index is 781. The predicted octanol–water partition coefficient (Wildman–Crippen LogP) is 4.33. The van der Waals surface area contributed by atoms with Gasteiger partial charge in [0.25, 0.3) is 0 Å². The van der Waals surface area contributed by atoms with Gasteiger partial charge in [-0.05, 0) is 48.3 Å². The van der Waals surface area contributed by atoms with Gasteiger partial charge < -0.3 is 4.74 Å². The van der Waals surface area contributed by atoms with E-state index in [-0.39, 0.29) is 6.61 Å². The molecule has 8 heteroatoms. The number of carbonyl (C=O) groups is 1. The van der Waals surface area contributed by atoms with Crippen LogP contribution in [0.25, 0.3) is 0 Å². The zero-order valence-corrected chi connectivity index (χ0v) is 16.3. The predicted molar refractivity (Wildman–Crippen MR) is 104 cm³/mol. The molecule has 0 aliphatic rings. The van der Waals surface area contributed by atoms with Crippen LogP contribution in [0.1, 0.15) is 11.1 Å². The average Bonchev–Trinajstić information content (AvgIpc) is 2.67. The summed E-state index contributed by atoms with van der Waals surface area (Å²) in [4.78, 5) is 24.0. The Balaban J connectivity index is 2.22. The molecule has 138 valence electrons. The smallest absolute Gasteiger partial charge is 0.411 e. The fourth-order valence-corrected chi connectivity index (χ4v) is 2.92. The van der Waals surface area contributed by atoms with Crippen LogP contribution in [0.5, 0.6) is 0 Å². The minimum absolute atomic E-state index is 0.186. The van der Waals surface area contributed by atoms with Crippen LogP contribution in [0, 0.1) is 0 Å². The number of amides is 1. The summed E-state index contributed by atoms with van der Waals surface area (Å²) < 4.78 is 4.63. The highest BCUT2D eigenvalue weighted by Gasteiger charge is 2.22. The van der Waals surface area contributed by atoms with Crippen molar-refractivity contribution in [1.29, 1.82) is 0 Å². The van der Waals surface area contributed by atoms with Crippen LogP contribution in [0.4, 0.5) is 10.5 Å². The van der Waals surface area contributed by atoms with E-state index in [4.69, 9.17) is 21.3 Å². The third-order valence-corrected chi connectivity index (χ3v) is 4.42. The van der Waals surface area contributed by atoms with Crippen molar-refractivity contribution < 1.29 is 24.1 Å². The second-order valence-corrected chi connectivity index (χ2v) is 6.23. The monoisotopic (exact) mass is 395 g/mol. The number of rotatable bonds is 6. The fraction of sp³-hybridized carbons (Fsp3) is 0.222. The first kappa shape index (κ1) is 19.9. The van der Waals surface area contributed by atoms with E-state index >= 15 is 0 Å². The van der Waals surface area contributed by atoms with E-state index in [0.717, 1.165) is 16.2 Å². The largest absolute Gasteiger partial charge is 0.453 e. The number of methoxy groups -OCH3 is 1. The summed E-state index contributed by atoms with van der Waals surface area (Å²) in [6.07, 6.45) is 1.38. The van der Waals surface area contributed by atoms with Crippen LogP contribution in [-0.2, 0) is 21.0 Å². The summed E-state index contributed by atoms with van der Waals surface area (Å²) in [6, 6.07) is 14.7. The molecule has 0 bridgehead atoms. The molecule has 2 aromatic carbocycles. The number of anilines is 1. The van der Waals surface area contributed by atoms with Crippen molar-refractivity contribution in [2.75, 3.05) is 25.8 Å². The van der Waals surface area contributed by atoms with Gasteiger partial charge in [-0.2, -0.15) is 0 Å². The molecule has 0 heterocycles. The average molecular weight is 396 g/mol. The molecule has 6 nitrogen and oxygen atoms in total. The molecule has 1 amide bonds. The number of nitrogens with one attached hydrogen (secondary N) is 1. The van der Waals surface area contributed by atoms with Gasteiger partial charge in [-0.3, -0.25) is 5.32 Å². The molecule has 2 rings (SSSR count). The van der Waals surface area contributed by atoms with Gasteiger partial charge in [0.15, 0.2) is 13.7 Å². The number of hydrogen-bond donors (Lipinski definition) is 1. The van der Waals surface area contributed by atoms with Gasteiger partial charge in [0.05, 0.1) is 18.4 Å². The van der Waals surface area contributed by atoms with Crippen LogP contribution in [0.15, 0.2) is 48.5 Å². The van der Waals surface area contributed by atoms with E-state index in [2.05, 4.69) is 10.1 Å². The SMILES string of the molecule is COC(=O)Nc1ccccc1CO[N+](OC)=C(SC)c1ccc(Cl)cc1. The van der Waals surface area contributed by atoms with E-state index in [1.807, 2.05) is 36.6 Å². The van der Waals surface area contributed by atoms with Crippen LogP contribution in [-0.4, -0.2) is 36.5 Å². The van der Waals surface area contributed by atoms with Crippen LogP contribution in [0.2, 0.25) is 5.02 Å². The first-order chi connectivity index (χ1) is 12.6. The molecular formula is C18H20ClN2O4S+. The van der Waals surface area contributed by atoms with Gasteiger partial charge >= 0.3 is 11.1 Å². The highest BCUT2D eigenvalue weighted by atomic mass is 35.5. The molecule has 2 aromatic rings. The fourth-order valence-electron chi connectivity index (χ4n) is 2.14. The maximum absolute atomic E-state index is 11.5. The summed E-state index contributed by atoms with van der Waals surface area (Å²) in [6.45, 7) is 0.186. The third-order valence-electron chi connectivity index (χ3n) is 3.39. The molecule has 0 saturated carbocycles. The van der Waals surface area contributed by atoms with E-state index in [0.29, 0.717) is 10.7 Å². The number of nitrogens with zero attached hydrogens (tertiary/aromatic N) is 1. The lowest BCUT2D eigenvalue weighted by Crippen LogP contribution is -2.20. The van der Waals surface area contributed by atoms with Gasteiger partial charge in [0, 0.05) is 10.6 Å². The topological polar surface area (TPSA) is 59.8 Å². The van der Waals surface area contributed by atoms with Crippen molar-refractivity contribution in [2.45, 2.75) is 6.61 Å². The van der Waals surface area contributed by atoms with Gasteiger partial charge in [-0.15, -0.1) is 0 Å². The van der Waals surface area contributed by atoms with E-state index < -0.39 is 6.09 Å². The second kappa shape index (κ2) is 9.94. The Morgan fingerprint density at radius 3 is 2.46 bits per heavy atom. The Morgan fingerprint density at radius 2 is 1.85 bits per heavy atom. The normalized spacial score (nSPS) is 11.4. The lowest BCUT2D eigenvalue weighted by Gasteiger charge is -2.09. The Kier molecular flexibility index (Phi) is 7.62. The van der Waals surface area contributed by atoms with Crippen molar-refractivity contribution in [3.8, 4) is 0 Å². The minimum atomic E-state index is -0.543. The van der Waals surface area contributed by atoms with Gasteiger partial charge in [0.1, 0.15) is 0 Å².